The van der Waals surface area contributed by atoms with Gasteiger partial charge in [0.25, 0.3) is 0 Å². The summed E-state index contributed by atoms with van der Waals surface area (Å²) in [6, 6.07) is 0.578. The van der Waals surface area contributed by atoms with Crippen molar-refractivity contribution < 1.29 is 4.79 Å². The van der Waals surface area contributed by atoms with Crippen molar-refractivity contribution in [2.75, 3.05) is 33.2 Å². The van der Waals surface area contributed by atoms with Gasteiger partial charge < -0.3 is 10.6 Å². The monoisotopic (exact) mass is 199 g/mol. The van der Waals surface area contributed by atoms with E-state index in [1.165, 1.54) is 12.8 Å². The van der Waals surface area contributed by atoms with Crippen LogP contribution in [0, 0.1) is 0 Å². The van der Waals surface area contributed by atoms with Crippen LogP contribution in [0.15, 0.2) is 0 Å². The molecule has 1 atom stereocenters. The quantitative estimate of drug-likeness (QED) is 0.645. The van der Waals surface area contributed by atoms with Gasteiger partial charge in [0.2, 0.25) is 5.91 Å². The molecule has 0 saturated carbocycles. The van der Waals surface area contributed by atoms with Crippen LogP contribution in [0.5, 0.6) is 0 Å². The van der Waals surface area contributed by atoms with Crippen LogP contribution in [0.3, 0.4) is 0 Å². The number of carbonyl (C=O) groups excluding carboxylic acids is 1. The van der Waals surface area contributed by atoms with Crippen LogP contribution < -0.4 is 10.6 Å². The van der Waals surface area contributed by atoms with Crippen molar-refractivity contribution in [3.8, 4) is 0 Å². The average molecular weight is 199 g/mol. The predicted octanol–water partition coefficient (Wildman–Crippen LogP) is -0.194. The molecule has 4 heteroatoms. The SMILES string of the molecule is CCNC(=O)CN(C)C[C@H]1CCCN1. The number of amides is 1. The summed E-state index contributed by atoms with van der Waals surface area (Å²) in [6.45, 7) is 5.26. The van der Waals surface area contributed by atoms with E-state index in [-0.39, 0.29) is 5.91 Å². The number of hydrogen-bond donors (Lipinski definition) is 2. The standard InChI is InChI=1S/C10H21N3O/c1-3-11-10(14)8-13(2)7-9-5-4-6-12-9/h9,12H,3-8H2,1-2H3,(H,11,14)/t9-/m1/s1. The van der Waals surface area contributed by atoms with Gasteiger partial charge in [-0.25, -0.2) is 0 Å². The first kappa shape index (κ1) is 11.5. The highest BCUT2D eigenvalue weighted by Crippen LogP contribution is 2.05. The first-order chi connectivity index (χ1) is 6.72. The van der Waals surface area contributed by atoms with Crippen molar-refractivity contribution in [2.45, 2.75) is 25.8 Å². The summed E-state index contributed by atoms with van der Waals surface area (Å²) in [5.74, 6) is 0.119. The summed E-state index contributed by atoms with van der Waals surface area (Å²) in [4.78, 5) is 13.3. The van der Waals surface area contributed by atoms with Gasteiger partial charge in [-0.05, 0) is 33.4 Å². The van der Waals surface area contributed by atoms with Crippen molar-refractivity contribution >= 4 is 5.91 Å². The van der Waals surface area contributed by atoms with Gasteiger partial charge in [0.05, 0.1) is 6.54 Å². The van der Waals surface area contributed by atoms with Crippen LogP contribution in [-0.2, 0) is 4.79 Å². The van der Waals surface area contributed by atoms with Crippen LogP contribution in [0.2, 0.25) is 0 Å². The number of nitrogens with zero attached hydrogens (tertiary/aromatic N) is 1. The second-order valence-corrected chi connectivity index (χ2v) is 3.94. The van der Waals surface area contributed by atoms with Crippen LogP contribution in [-0.4, -0.2) is 50.1 Å². The van der Waals surface area contributed by atoms with E-state index < -0.39 is 0 Å². The van der Waals surface area contributed by atoms with E-state index in [1.807, 2.05) is 14.0 Å². The third-order valence-corrected chi connectivity index (χ3v) is 2.48. The van der Waals surface area contributed by atoms with Gasteiger partial charge in [0.15, 0.2) is 0 Å². The van der Waals surface area contributed by atoms with Crippen molar-refractivity contribution in [3.05, 3.63) is 0 Å². The molecule has 14 heavy (non-hydrogen) atoms. The number of rotatable bonds is 5. The van der Waals surface area contributed by atoms with Gasteiger partial charge in [0.1, 0.15) is 0 Å². The molecule has 1 fully saturated rings. The van der Waals surface area contributed by atoms with E-state index in [1.54, 1.807) is 0 Å². The molecule has 4 nitrogen and oxygen atoms in total. The number of carbonyl (C=O) groups is 1. The molecule has 0 spiro atoms. The van der Waals surface area contributed by atoms with Gasteiger partial charge in [-0.15, -0.1) is 0 Å². The molecule has 1 aliphatic heterocycles. The summed E-state index contributed by atoms with van der Waals surface area (Å²) >= 11 is 0. The molecule has 0 radical (unpaired) electrons. The normalized spacial score (nSPS) is 21.5. The summed E-state index contributed by atoms with van der Waals surface area (Å²) in [5.41, 5.74) is 0. The fraction of sp³-hybridized carbons (Fsp3) is 0.900. The molecule has 0 aromatic rings. The Morgan fingerprint density at radius 2 is 2.43 bits per heavy atom. The van der Waals surface area contributed by atoms with Gasteiger partial charge in [-0.1, -0.05) is 0 Å². The Bertz CT molecular complexity index is 178. The Morgan fingerprint density at radius 1 is 1.64 bits per heavy atom. The summed E-state index contributed by atoms with van der Waals surface area (Å²) < 4.78 is 0. The van der Waals surface area contributed by atoms with E-state index in [2.05, 4.69) is 15.5 Å². The van der Waals surface area contributed by atoms with Crippen molar-refractivity contribution in [1.29, 1.82) is 0 Å². The molecule has 1 aliphatic rings. The molecule has 0 bridgehead atoms. The lowest BCUT2D eigenvalue weighted by molar-refractivity contribution is -0.121. The maximum atomic E-state index is 11.3. The van der Waals surface area contributed by atoms with Gasteiger partial charge >= 0.3 is 0 Å². The van der Waals surface area contributed by atoms with Crippen LogP contribution in [0.1, 0.15) is 19.8 Å². The summed E-state index contributed by atoms with van der Waals surface area (Å²) in [5, 5.41) is 6.22. The maximum Gasteiger partial charge on any atom is 0.234 e. The third-order valence-electron chi connectivity index (χ3n) is 2.48. The van der Waals surface area contributed by atoms with Crippen LogP contribution in [0.4, 0.5) is 0 Å². The zero-order valence-electron chi connectivity index (χ0n) is 9.18. The van der Waals surface area contributed by atoms with E-state index in [0.29, 0.717) is 19.1 Å². The second kappa shape index (κ2) is 5.98. The fourth-order valence-corrected chi connectivity index (χ4v) is 1.85. The zero-order valence-corrected chi connectivity index (χ0v) is 9.18. The predicted molar refractivity (Wildman–Crippen MR) is 57.2 cm³/mol. The molecular formula is C10H21N3O. The van der Waals surface area contributed by atoms with Crippen molar-refractivity contribution in [3.63, 3.8) is 0 Å². The van der Waals surface area contributed by atoms with E-state index in [4.69, 9.17) is 0 Å². The van der Waals surface area contributed by atoms with Gasteiger partial charge in [0, 0.05) is 19.1 Å². The molecule has 0 aromatic carbocycles. The van der Waals surface area contributed by atoms with E-state index in [0.717, 1.165) is 13.1 Å². The van der Waals surface area contributed by atoms with Crippen molar-refractivity contribution in [1.82, 2.24) is 15.5 Å². The Morgan fingerprint density at radius 3 is 3.00 bits per heavy atom. The minimum atomic E-state index is 0.119. The van der Waals surface area contributed by atoms with E-state index >= 15 is 0 Å². The lowest BCUT2D eigenvalue weighted by Gasteiger charge is -2.20. The minimum Gasteiger partial charge on any atom is -0.355 e. The molecule has 0 unspecified atom stereocenters. The largest absolute Gasteiger partial charge is 0.355 e. The lowest BCUT2D eigenvalue weighted by atomic mass is 10.2. The molecule has 0 aliphatic carbocycles. The van der Waals surface area contributed by atoms with Crippen LogP contribution in [0.25, 0.3) is 0 Å². The highest BCUT2D eigenvalue weighted by Gasteiger charge is 2.16. The third kappa shape index (κ3) is 4.07. The Balaban J connectivity index is 2.14. The Kier molecular flexibility index (Phi) is 4.90. The smallest absolute Gasteiger partial charge is 0.234 e. The molecule has 1 amide bonds. The molecule has 0 aromatic heterocycles. The fourth-order valence-electron chi connectivity index (χ4n) is 1.85. The van der Waals surface area contributed by atoms with Gasteiger partial charge in [-0.2, -0.15) is 0 Å². The van der Waals surface area contributed by atoms with Crippen LogP contribution >= 0.6 is 0 Å². The Labute approximate surface area is 86.0 Å². The highest BCUT2D eigenvalue weighted by molar-refractivity contribution is 5.77. The van der Waals surface area contributed by atoms with E-state index in [9.17, 15) is 4.79 Å². The lowest BCUT2D eigenvalue weighted by Crippen LogP contribution is -2.41. The highest BCUT2D eigenvalue weighted by atomic mass is 16.1. The molecule has 1 saturated heterocycles. The zero-order chi connectivity index (χ0) is 10.4. The minimum absolute atomic E-state index is 0.119. The molecule has 82 valence electrons. The summed E-state index contributed by atoms with van der Waals surface area (Å²) in [7, 11) is 2.00. The number of hydrogen-bond acceptors (Lipinski definition) is 3. The first-order valence-electron chi connectivity index (χ1n) is 5.41. The number of likely N-dealkylation sites (N-methyl/N-ethyl adjacent to an activating group) is 2. The Hall–Kier alpha value is -0.610. The first-order valence-corrected chi connectivity index (χ1v) is 5.41. The topological polar surface area (TPSA) is 44.4 Å². The molecule has 1 rings (SSSR count). The summed E-state index contributed by atoms with van der Waals surface area (Å²) in [6.07, 6.45) is 2.50. The molecule has 1 heterocycles. The second-order valence-electron chi connectivity index (χ2n) is 3.94. The molecular weight excluding hydrogens is 178 g/mol. The van der Waals surface area contributed by atoms with Crippen molar-refractivity contribution in [2.24, 2.45) is 0 Å². The maximum absolute atomic E-state index is 11.3. The number of nitrogens with one attached hydrogen (secondary N) is 2. The average Bonchev–Trinajstić information content (AvgIpc) is 2.56. The van der Waals surface area contributed by atoms with Gasteiger partial charge in [-0.3, -0.25) is 9.69 Å². The molecule has 2 N–H and O–H groups in total.